The third kappa shape index (κ3) is 3.55. The van der Waals surface area contributed by atoms with E-state index in [0.29, 0.717) is 6.54 Å². The lowest BCUT2D eigenvalue weighted by Gasteiger charge is -2.29. The monoisotopic (exact) mass is 346 g/mol. The number of H-pyrrole nitrogens is 1. The Balaban J connectivity index is 1.84. The van der Waals surface area contributed by atoms with Gasteiger partial charge in [-0.25, -0.2) is 9.78 Å². The van der Waals surface area contributed by atoms with Crippen molar-refractivity contribution in [3.8, 4) is 0 Å². The Morgan fingerprint density at radius 3 is 2.80 bits per heavy atom. The molecule has 0 spiro atoms. The van der Waals surface area contributed by atoms with Crippen molar-refractivity contribution in [3.05, 3.63) is 16.5 Å². The van der Waals surface area contributed by atoms with Crippen LogP contribution in [0.15, 0.2) is 0 Å². The highest BCUT2D eigenvalue weighted by Gasteiger charge is 2.37. The van der Waals surface area contributed by atoms with Crippen molar-refractivity contribution in [3.63, 3.8) is 0 Å². The maximum absolute atomic E-state index is 13.1. The highest BCUT2D eigenvalue weighted by atomic mass is 16.5. The number of amides is 2. The number of ether oxygens (including phenoxy) is 1. The summed E-state index contributed by atoms with van der Waals surface area (Å²) in [6.07, 6.45) is 7.53. The zero-order valence-corrected chi connectivity index (χ0v) is 15.0. The predicted molar refractivity (Wildman–Crippen MR) is 93.9 cm³/mol. The van der Waals surface area contributed by atoms with Crippen LogP contribution in [0.1, 0.15) is 51.4 Å². The molecule has 2 amide bonds. The maximum atomic E-state index is 13.1. The van der Waals surface area contributed by atoms with Crippen molar-refractivity contribution >= 4 is 24.2 Å². The zero-order valence-electron chi connectivity index (χ0n) is 15.0. The fraction of sp³-hybridized carbons (Fsp3) is 0.611. The van der Waals surface area contributed by atoms with E-state index in [1.165, 1.54) is 7.11 Å². The molecule has 1 aromatic heterocycles. The Kier molecular flexibility index (Phi) is 5.11. The molecule has 1 fully saturated rings. The largest absolute Gasteiger partial charge is 0.453 e. The number of carbonyl (C=O) groups is 2. The van der Waals surface area contributed by atoms with Crippen molar-refractivity contribution < 1.29 is 14.3 Å². The average molecular weight is 346 g/mol. The summed E-state index contributed by atoms with van der Waals surface area (Å²) in [4.78, 5) is 34.6. The minimum absolute atomic E-state index is 0.0284. The van der Waals surface area contributed by atoms with Crippen LogP contribution in [0.3, 0.4) is 0 Å². The lowest BCUT2D eigenvalue weighted by Crippen LogP contribution is -2.51. The van der Waals surface area contributed by atoms with Gasteiger partial charge in [0, 0.05) is 6.54 Å². The number of carbonyl (C=O) groups excluding carboxylic acids is 2. The molecule has 0 saturated carbocycles. The Bertz CT molecular complexity index is 734. The van der Waals surface area contributed by atoms with Gasteiger partial charge in [0.1, 0.15) is 11.9 Å². The topological polar surface area (TPSA) is 87.3 Å². The Hall–Kier alpha value is -2.31. The quantitative estimate of drug-likeness (QED) is 0.844. The van der Waals surface area contributed by atoms with E-state index < -0.39 is 12.1 Å². The Morgan fingerprint density at radius 2 is 2.12 bits per heavy atom. The lowest BCUT2D eigenvalue weighted by atomic mass is 10.0. The van der Waals surface area contributed by atoms with Gasteiger partial charge < -0.3 is 19.9 Å². The first-order valence-electron chi connectivity index (χ1n) is 8.92. The van der Waals surface area contributed by atoms with Crippen LogP contribution < -0.4 is 16.0 Å². The summed E-state index contributed by atoms with van der Waals surface area (Å²) in [6, 6.07) is -0.670. The van der Waals surface area contributed by atoms with Crippen LogP contribution in [0.25, 0.3) is 12.2 Å². The molecule has 1 aliphatic carbocycles. The first-order chi connectivity index (χ1) is 12.0. The predicted octanol–water partition coefficient (Wildman–Crippen LogP) is 0.809. The number of nitrogens with one attached hydrogen (secondary N) is 2. The van der Waals surface area contributed by atoms with Gasteiger partial charge in [-0.3, -0.25) is 4.79 Å². The molecule has 0 bridgehead atoms. The van der Waals surface area contributed by atoms with Gasteiger partial charge in [-0.05, 0) is 31.6 Å². The fourth-order valence-corrected chi connectivity index (χ4v) is 3.53. The average Bonchev–Trinajstić information content (AvgIpc) is 3.24. The van der Waals surface area contributed by atoms with E-state index in [0.717, 1.165) is 42.2 Å². The van der Waals surface area contributed by atoms with E-state index in [9.17, 15) is 9.59 Å². The smallest absolute Gasteiger partial charge is 0.407 e. The summed E-state index contributed by atoms with van der Waals surface area (Å²) in [5, 5.41) is 4.70. The van der Waals surface area contributed by atoms with Crippen molar-refractivity contribution in [1.82, 2.24) is 20.2 Å². The normalized spacial score (nSPS) is 20.5. The number of aromatic nitrogens is 2. The van der Waals surface area contributed by atoms with E-state index in [1.807, 2.05) is 18.7 Å². The number of rotatable bonds is 4. The molecule has 2 N–H and O–H groups in total. The van der Waals surface area contributed by atoms with Gasteiger partial charge in [0.05, 0.1) is 23.8 Å². The van der Waals surface area contributed by atoms with Gasteiger partial charge in [0.25, 0.3) is 0 Å². The minimum Gasteiger partial charge on any atom is -0.453 e. The van der Waals surface area contributed by atoms with E-state index in [4.69, 9.17) is 4.98 Å². The van der Waals surface area contributed by atoms with Crippen molar-refractivity contribution in [1.29, 1.82) is 0 Å². The Morgan fingerprint density at radius 1 is 1.36 bits per heavy atom. The fourth-order valence-electron chi connectivity index (χ4n) is 3.53. The van der Waals surface area contributed by atoms with Gasteiger partial charge in [-0.1, -0.05) is 26.0 Å². The number of aromatic amines is 1. The Labute approximate surface area is 147 Å². The van der Waals surface area contributed by atoms with Gasteiger partial charge in [-0.2, -0.15) is 0 Å². The van der Waals surface area contributed by atoms with E-state index in [-0.39, 0.29) is 17.9 Å². The first-order valence-corrected chi connectivity index (χ1v) is 8.92. The molecular formula is C18H26N4O3. The third-order valence-electron chi connectivity index (χ3n) is 4.88. The molecule has 1 saturated heterocycles. The number of imidazole rings is 1. The SMILES string of the molecule is COC(=O)N[C@H](C(=O)N1CCC[C@H]1c1nc2c([nH]1)=CCCC=2)C(C)C. The number of likely N-dealkylation sites (tertiary alicyclic amines) is 1. The zero-order chi connectivity index (χ0) is 18.0. The molecule has 7 nitrogen and oxygen atoms in total. The number of alkyl carbamates (subject to hydrolysis) is 1. The highest BCUT2D eigenvalue weighted by Crippen LogP contribution is 2.30. The minimum atomic E-state index is -0.601. The van der Waals surface area contributed by atoms with Crippen LogP contribution in [-0.4, -0.2) is 46.6 Å². The van der Waals surface area contributed by atoms with E-state index in [1.54, 1.807) is 0 Å². The van der Waals surface area contributed by atoms with Crippen LogP contribution in [0.4, 0.5) is 4.79 Å². The van der Waals surface area contributed by atoms with Crippen LogP contribution in [0, 0.1) is 5.92 Å². The highest BCUT2D eigenvalue weighted by molar-refractivity contribution is 5.86. The standard InChI is InChI=1S/C18H26N4O3/c1-11(2)15(21-18(24)25-3)17(23)22-10-6-9-14(22)16-19-12-7-4-5-8-13(12)20-16/h7-8,11,14-15H,4-6,9-10H2,1-3H3,(H,19,20)(H,21,24)/t14-,15-/m0/s1. The first kappa shape index (κ1) is 17.5. The molecule has 0 aromatic carbocycles. The van der Waals surface area contributed by atoms with Crippen LogP contribution in [0.5, 0.6) is 0 Å². The summed E-state index contributed by atoms with van der Waals surface area (Å²) in [6.45, 7) is 4.51. The van der Waals surface area contributed by atoms with Crippen molar-refractivity contribution in [2.75, 3.05) is 13.7 Å². The van der Waals surface area contributed by atoms with Crippen LogP contribution in [-0.2, 0) is 9.53 Å². The lowest BCUT2D eigenvalue weighted by molar-refractivity contribution is -0.135. The molecule has 136 valence electrons. The molecule has 7 heteroatoms. The molecular weight excluding hydrogens is 320 g/mol. The second kappa shape index (κ2) is 7.29. The molecule has 25 heavy (non-hydrogen) atoms. The van der Waals surface area contributed by atoms with Gasteiger partial charge >= 0.3 is 6.09 Å². The summed E-state index contributed by atoms with van der Waals surface area (Å²) >= 11 is 0. The molecule has 0 radical (unpaired) electrons. The summed E-state index contributed by atoms with van der Waals surface area (Å²) in [5.41, 5.74) is 0. The molecule has 0 unspecified atom stereocenters. The molecule has 2 aliphatic rings. The second-order valence-corrected chi connectivity index (χ2v) is 6.95. The van der Waals surface area contributed by atoms with E-state index in [2.05, 4.69) is 27.2 Å². The van der Waals surface area contributed by atoms with Crippen molar-refractivity contribution in [2.45, 2.75) is 51.6 Å². The summed E-state index contributed by atoms with van der Waals surface area (Å²) < 4.78 is 4.66. The number of nitrogens with zero attached hydrogens (tertiary/aromatic N) is 2. The summed E-state index contributed by atoms with van der Waals surface area (Å²) in [7, 11) is 1.30. The number of fused-ring (bicyclic) bond motifs is 1. The number of methoxy groups -OCH3 is 1. The number of hydrogen-bond acceptors (Lipinski definition) is 4. The second-order valence-electron chi connectivity index (χ2n) is 6.95. The third-order valence-corrected chi connectivity index (χ3v) is 4.88. The van der Waals surface area contributed by atoms with Crippen LogP contribution in [0.2, 0.25) is 0 Å². The number of hydrogen-bond donors (Lipinski definition) is 2. The van der Waals surface area contributed by atoms with Crippen molar-refractivity contribution in [2.24, 2.45) is 5.92 Å². The summed E-state index contributed by atoms with van der Waals surface area (Å²) in [5.74, 6) is 0.732. The van der Waals surface area contributed by atoms with Gasteiger partial charge in [0.2, 0.25) is 5.91 Å². The molecule has 2 atom stereocenters. The molecule has 2 heterocycles. The molecule has 1 aliphatic heterocycles. The van der Waals surface area contributed by atoms with Gasteiger partial charge in [-0.15, -0.1) is 0 Å². The van der Waals surface area contributed by atoms with E-state index >= 15 is 0 Å². The maximum Gasteiger partial charge on any atom is 0.407 e. The van der Waals surface area contributed by atoms with Gasteiger partial charge in [0.15, 0.2) is 0 Å². The molecule has 3 rings (SSSR count). The molecule has 1 aromatic rings. The van der Waals surface area contributed by atoms with Crippen LogP contribution >= 0.6 is 0 Å².